The van der Waals surface area contributed by atoms with Gasteiger partial charge in [0.15, 0.2) is 11.5 Å². The second-order valence-electron chi connectivity index (χ2n) is 6.31. The number of fused-ring (bicyclic) bond motifs is 1. The maximum Gasteiger partial charge on any atom is 0.270 e. The highest BCUT2D eigenvalue weighted by atomic mass is 35.5. The largest absolute Gasteiger partial charge is 0.364 e. The van der Waals surface area contributed by atoms with E-state index in [1.54, 1.807) is 0 Å². The van der Waals surface area contributed by atoms with Crippen LogP contribution in [-0.2, 0) is 0 Å². The Bertz CT molecular complexity index is 967. The minimum atomic E-state index is -0.576. The molecule has 0 spiro atoms. The number of primary amides is 1. The minimum absolute atomic E-state index is 0.200. The van der Waals surface area contributed by atoms with Gasteiger partial charge in [0.1, 0.15) is 0 Å². The van der Waals surface area contributed by atoms with Crippen LogP contribution in [0.1, 0.15) is 23.3 Å². The number of anilines is 1. The Morgan fingerprint density at radius 2 is 2.23 bits per heavy atom. The summed E-state index contributed by atoms with van der Waals surface area (Å²) in [5.74, 6) is 0.108. The van der Waals surface area contributed by atoms with Gasteiger partial charge in [0, 0.05) is 27.9 Å². The number of nitrogens with zero attached hydrogens (tertiary/aromatic N) is 2. The molecular formula is C18H18ClN5OS. The predicted octanol–water partition coefficient (Wildman–Crippen LogP) is 3.27. The van der Waals surface area contributed by atoms with Gasteiger partial charge in [-0.25, -0.2) is 0 Å². The number of halogens is 1. The zero-order chi connectivity index (χ0) is 18.1. The van der Waals surface area contributed by atoms with Crippen LogP contribution in [-0.4, -0.2) is 35.2 Å². The number of carbonyl (C=O) groups excluding carboxylic acids is 1. The van der Waals surface area contributed by atoms with Crippen molar-refractivity contribution in [1.29, 1.82) is 0 Å². The van der Waals surface area contributed by atoms with Gasteiger partial charge in [-0.05, 0) is 43.1 Å². The number of thiophene rings is 1. The molecule has 134 valence electrons. The van der Waals surface area contributed by atoms with E-state index in [1.807, 2.05) is 30.3 Å². The molecule has 3 heterocycles. The standard InChI is InChI=1S/C18H18ClN5OS/c19-11-4-1-3-10(7-11)14-8-13-16(26-14)15(17(20)25)23-24-18(13)22-12-5-2-6-21-9-12/h1,3-4,7-8,12,21H,2,5-6,9H2,(H2,20,25)(H,22,24). The summed E-state index contributed by atoms with van der Waals surface area (Å²) >= 11 is 7.59. The molecule has 6 nitrogen and oxygen atoms in total. The third-order valence-corrected chi connectivity index (χ3v) is 5.86. The lowest BCUT2D eigenvalue weighted by Crippen LogP contribution is -2.38. The van der Waals surface area contributed by atoms with Crippen molar-refractivity contribution < 1.29 is 4.79 Å². The van der Waals surface area contributed by atoms with Crippen LogP contribution >= 0.6 is 22.9 Å². The summed E-state index contributed by atoms with van der Waals surface area (Å²) in [5.41, 5.74) is 6.69. The number of aromatic nitrogens is 2. The molecule has 0 radical (unpaired) electrons. The van der Waals surface area contributed by atoms with Crippen LogP contribution in [0.25, 0.3) is 20.5 Å². The van der Waals surface area contributed by atoms with Crippen molar-refractivity contribution in [1.82, 2.24) is 15.5 Å². The molecule has 1 saturated heterocycles. The Morgan fingerprint density at radius 1 is 1.35 bits per heavy atom. The maximum absolute atomic E-state index is 11.8. The molecule has 0 aliphatic carbocycles. The smallest absolute Gasteiger partial charge is 0.270 e. The first-order valence-corrected chi connectivity index (χ1v) is 9.64. The molecule has 0 bridgehead atoms. The van der Waals surface area contributed by atoms with E-state index in [9.17, 15) is 4.79 Å². The second kappa shape index (κ2) is 7.19. The molecule has 1 unspecified atom stereocenters. The second-order valence-corrected chi connectivity index (χ2v) is 7.80. The Morgan fingerprint density at radius 3 is 2.96 bits per heavy atom. The van der Waals surface area contributed by atoms with E-state index in [2.05, 4.69) is 20.8 Å². The normalized spacial score (nSPS) is 17.3. The van der Waals surface area contributed by atoms with Gasteiger partial charge in [-0.3, -0.25) is 4.79 Å². The van der Waals surface area contributed by atoms with Crippen molar-refractivity contribution in [3.05, 3.63) is 41.0 Å². The van der Waals surface area contributed by atoms with Gasteiger partial charge in [-0.15, -0.1) is 21.5 Å². The number of nitrogens with two attached hydrogens (primary N) is 1. The van der Waals surface area contributed by atoms with Gasteiger partial charge in [0.2, 0.25) is 0 Å². The van der Waals surface area contributed by atoms with Crippen molar-refractivity contribution in [3.8, 4) is 10.4 Å². The van der Waals surface area contributed by atoms with Crippen molar-refractivity contribution in [2.24, 2.45) is 5.73 Å². The van der Waals surface area contributed by atoms with Crippen LogP contribution in [0.2, 0.25) is 5.02 Å². The van der Waals surface area contributed by atoms with E-state index >= 15 is 0 Å². The monoisotopic (exact) mass is 387 g/mol. The number of nitrogens with one attached hydrogen (secondary N) is 2. The van der Waals surface area contributed by atoms with Crippen molar-refractivity contribution in [3.63, 3.8) is 0 Å². The molecule has 1 aliphatic heterocycles. The average molecular weight is 388 g/mol. The van der Waals surface area contributed by atoms with Gasteiger partial charge in [-0.1, -0.05) is 23.7 Å². The zero-order valence-corrected chi connectivity index (χ0v) is 15.5. The third-order valence-electron chi connectivity index (χ3n) is 4.43. The van der Waals surface area contributed by atoms with Crippen LogP contribution in [0, 0.1) is 0 Å². The minimum Gasteiger partial charge on any atom is -0.364 e. The molecule has 8 heteroatoms. The summed E-state index contributed by atoms with van der Waals surface area (Å²) in [4.78, 5) is 12.8. The maximum atomic E-state index is 11.8. The number of hydrogen-bond acceptors (Lipinski definition) is 6. The number of carbonyl (C=O) groups is 1. The number of piperidine rings is 1. The molecule has 3 aromatic rings. The van der Waals surface area contributed by atoms with E-state index < -0.39 is 5.91 Å². The van der Waals surface area contributed by atoms with Gasteiger partial charge < -0.3 is 16.4 Å². The molecule has 4 N–H and O–H groups in total. The quantitative estimate of drug-likeness (QED) is 0.638. The Hall–Kier alpha value is -2.22. The topological polar surface area (TPSA) is 92.9 Å². The molecule has 4 rings (SSSR count). The van der Waals surface area contributed by atoms with Crippen LogP contribution in [0.15, 0.2) is 30.3 Å². The lowest BCUT2D eigenvalue weighted by Gasteiger charge is -2.24. The fourth-order valence-corrected chi connectivity index (χ4v) is 4.50. The van der Waals surface area contributed by atoms with Gasteiger partial charge in [0.05, 0.1) is 4.70 Å². The molecule has 1 aromatic carbocycles. The first-order chi connectivity index (χ1) is 12.6. The molecule has 26 heavy (non-hydrogen) atoms. The molecule has 1 atom stereocenters. The highest BCUT2D eigenvalue weighted by molar-refractivity contribution is 7.22. The Labute approximate surface area is 159 Å². The summed E-state index contributed by atoms with van der Waals surface area (Å²) in [7, 11) is 0. The lowest BCUT2D eigenvalue weighted by molar-refractivity contribution is 0.0996. The molecule has 0 saturated carbocycles. The van der Waals surface area contributed by atoms with E-state index in [1.165, 1.54) is 11.3 Å². The van der Waals surface area contributed by atoms with E-state index in [-0.39, 0.29) is 11.7 Å². The summed E-state index contributed by atoms with van der Waals surface area (Å²) in [6, 6.07) is 9.93. The Balaban J connectivity index is 1.80. The van der Waals surface area contributed by atoms with E-state index in [0.29, 0.717) is 10.8 Å². The molecule has 2 aromatic heterocycles. The molecule has 1 amide bonds. The first kappa shape index (κ1) is 17.2. The summed E-state index contributed by atoms with van der Waals surface area (Å²) < 4.78 is 0.744. The van der Waals surface area contributed by atoms with Gasteiger partial charge in [0.25, 0.3) is 5.91 Å². The number of benzene rings is 1. The van der Waals surface area contributed by atoms with Crippen molar-refractivity contribution in [2.75, 3.05) is 18.4 Å². The van der Waals surface area contributed by atoms with Gasteiger partial charge >= 0.3 is 0 Å². The first-order valence-electron chi connectivity index (χ1n) is 8.45. The highest BCUT2D eigenvalue weighted by Crippen LogP contribution is 2.38. The number of amides is 1. The summed E-state index contributed by atoms with van der Waals surface area (Å²) in [5, 5.41) is 16.7. The molecular weight excluding hydrogens is 370 g/mol. The van der Waals surface area contributed by atoms with Crippen LogP contribution < -0.4 is 16.4 Å². The zero-order valence-electron chi connectivity index (χ0n) is 14.0. The van der Waals surface area contributed by atoms with E-state index in [0.717, 1.165) is 46.5 Å². The lowest BCUT2D eigenvalue weighted by atomic mass is 10.1. The summed E-state index contributed by atoms with van der Waals surface area (Å²) in [6.07, 6.45) is 2.18. The molecule has 1 fully saturated rings. The van der Waals surface area contributed by atoms with Crippen LogP contribution in [0.5, 0.6) is 0 Å². The number of rotatable bonds is 4. The Kier molecular flexibility index (Phi) is 4.76. The fraction of sp³-hybridized carbons (Fsp3) is 0.278. The summed E-state index contributed by atoms with van der Waals surface area (Å²) in [6.45, 7) is 1.92. The number of hydrogen-bond donors (Lipinski definition) is 3. The predicted molar refractivity (Wildman–Crippen MR) is 106 cm³/mol. The SMILES string of the molecule is NC(=O)c1nnc(NC2CCCNC2)c2cc(-c3cccc(Cl)c3)sc12. The van der Waals surface area contributed by atoms with Gasteiger partial charge in [-0.2, -0.15) is 0 Å². The third kappa shape index (κ3) is 3.38. The van der Waals surface area contributed by atoms with Crippen molar-refractivity contribution in [2.45, 2.75) is 18.9 Å². The van der Waals surface area contributed by atoms with E-state index in [4.69, 9.17) is 17.3 Å². The molecule has 1 aliphatic rings. The van der Waals surface area contributed by atoms with Crippen LogP contribution in [0.4, 0.5) is 5.82 Å². The van der Waals surface area contributed by atoms with Crippen molar-refractivity contribution >= 4 is 44.7 Å². The highest BCUT2D eigenvalue weighted by Gasteiger charge is 2.20. The van der Waals surface area contributed by atoms with Crippen LogP contribution in [0.3, 0.4) is 0 Å². The fourth-order valence-electron chi connectivity index (χ4n) is 3.16. The average Bonchev–Trinajstić information content (AvgIpc) is 3.08.